The molecule has 0 radical (unpaired) electrons. The van der Waals surface area contributed by atoms with E-state index >= 15 is 0 Å². The normalized spacial score (nSPS) is 10.8. The molecule has 0 saturated carbocycles. The Labute approximate surface area is 198 Å². The molecule has 0 aromatic heterocycles. The molecule has 0 spiro atoms. The number of hydrogen-bond acceptors (Lipinski definition) is 3. The highest BCUT2D eigenvalue weighted by Gasteiger charge is 2.10. The summed E-state index contributed by atoms with van der Waals surface area (Å²) in [5.74, 6) is 0.402. The number of aryl methyl sites for hydroxylation is 1. The van der Waals surface area contributed by atoms with E-state index in [2.05, 4.69) is 38.4 Å². The second-order valence-electron chi connectivity index (χ2n) is 6.37. The predicted molar refractivity (Wildman–Crippen MR) is 131 cm³/mol. The third-order valence-electron chi connectivity index (χ3n) is 4.09. The van der Waals surface area contributed by atoms with Crippen LogP contribution >= 0.6 is 45.8 Å². The lowest BCUT2D eigenvalue weighted by Crippen LogP contribution is -2.24. The Hall–Kier alpha value is -2.29. The SMILES string of the molecule is Cc1ccccc1NC(=O)NN=Cc1cc(Cl)c(OCc2ccc(I)cc2)c(Cl)c1. The van der Waals surface area contributed by atoms with Crippen LogP contribution in [0.2, 0.25) is 10.0 Å². The van der Waals surface area contributed by atoms with Crippen molar-refractivity contribution >= 4 is 63.7 Å². The Balaban J connectivity index is 1.59. The fourth-order valence-electron chi connectivity index (χ4n) is 2.56. The number of amides is 2. The lowest BCUT2D eigenvalue weighted by molar-refractivity contribution is 0.252. The smallest absolute Gasteiger partial charge is 0.339 e. The number of rotatable bonds is 6. The summed E-state index contributed by atoms with van der Waals surface area (Å²) in [7, 11) is 0. The second-order valence-corrected chi connectivity index (χ2v) is 8.43. The van der Waals surface area contributed by atoms with E-state index in [1.807, 2.05) is 55.5 Å². The number of nitrogens with one attached hydrogen (secondary N) is 2. The lowest BCUT2D eigenvalue weighted by atomic mass is 10.2. The minimum absolute atomic E-state index is 0.352. The molecule has 0 aliphatic carbocycles. The zero-order valence-electron chi connectivity index (χ0n) is 16.0. The molecule has 3 aromatic carbocycles. The number of ether oxygens (including phenoxy) is 1. The summed E-state index contributed by atoms with van der Waals surface area (Å²) < 4.78 is 6.93. The van der Waals surface area contributed by atoms with E-state index in [0.29, 0.717) is 33.7 Å². The molecule has 2 amide bonds. The van der Waals surface area contributed by atoms with Gasteiger partial charge in [-0.2, -0.15) is 5.10 Å². The van der Waals surface area contributed by atoms with E-state index in [1.54, 1.807) is 12.1 Å². The zero-order chi connectivity index (χ0) is 21.5. The van der Waals surface area contributed by atoms with Crippen LogP contribution in [0.5, 0.6) is 5.75 Å². The number of carbonyl (C=O) groups is 1. The van der Waals surface area contributed by atoms with Crippen molar-refractivity contribution in [3.05, 3.63) is 91.0 Å². The van der Waals surface area contributed by atoms with Gasteiger partial charge in [0.15, 0.2) is 5.75 Å². The van der Waals surface area contributed by atoms with Gasteiger partial charge in [0.05, 0.1) is 16.3 Å². The van der Waals surface area contributed by atoms with Gasteiger partial charge in [0, 0.05) is 9.26 Å². The summed E-state index contributed by atoms with van der Waals surface area (Å²) >= 11 is 14.9. The highest BCUT2D eigenvalue weighted by Crippen LogP contribution is 2.34. The van der Waals surface area contributed by atoms with Gasteiger partial charge in [-0.3, -0.25) is 0 Å². The first-order valence-electron chi connectivity index (χ1n) is 8.94. The van der Waals surface area contributed by atoms with Crippen LogP contribution in [0, 0.1) is 10.5 Å². The summed E-state index contributed by atoms with van der Waals surface area (Å²) in [5, 5.41) is 7.38. The topological polar surface area (TPSA) is 62.7 Å². The number of hydrazone groups is 1. The number of carbonyl (C=O) groups excluding carboxylic acids is 1. The molecule has 2 N–H and O–H groups in total. The van der Waals surface area contributed by atoms with Gasteiger partial charge in [-0.15, -0.1) is 0 Å². The van der Waals surface area contributed by atoms with Crippen molar-refractivity contribution in [1.29, 1.82) is 0 Å². The Morgan fingerprint density at radius 1 is 1.10 bits per heavy atom. The van der Waals surface area contributed by atoms with E-state index in [4.69, 9.17) is 27.9 Å². The Morgan fingerprint density at radius 3 is 2.43 bits per heavy atom. The van der Waals surface area contributed by atoms with Gasteiger partial charge in [-0.25, -0.2) is 10.2 Å². The minimum Gasteiger partial charge on any atom is -0.486 e. The summed E-state index contributed by atoms with van der Waals surface area (Å²) in [4.78, 5) is 12.0. The van der Waals surface area contributed by atoms with Gasteiger partial charge < -0.3 is 10.1 Å². The van der Waals surface area contributed by atoms with Crippen LogP contribution in [-0.2, 0) is 6.61 Å². The molecule has 8 heteroatoms. The number of anilines is 1. The Kier molecular flexibility index (Phi) is 7.95. The minimum atomic E-state index is -0.449. The lowest BCUT2D eigenvalue weighted by Gasteiger charge is -2.11. The summed E-state index contributed by atoms with van der Waals surface area (Å²) in [6.45, 7) is 2.26. The number of hydrogen-bond donors (Lipinski definition) is 2. The van der Waals surface area contributed by atoms with Gasteiger partial charge in [0.25, 0.3) is 0 Å². The van der Waals surface area contributed by atoms with E-state index < -0.39 is 6.03 Å². The third-order valence-corrected chi connectivity index (χ3v) is 5.37. The molecular formula is C22H18Cl2IN3O2. The molecule has 0 atom stereocenters. The molecule has 0 fully saturated rings. The predicted octanol–water partition coefficient (Wildman–Crippen LogP) is 6.64. The number of nitrogens with zero attached hydrogens (tertiary/aromatic N) is 1. The van der Waals surface area contributed by atoms with E-state index in [0.717, 1.165) is 14.7 Å². The van der Waals surface area contributed by atoms with Crippen LogP contribution in [0.15, 0.2) is 65.8 Å². The van der Waals surface area contributed by atoms with Crippen molar-refractivity contribution in [3.63, 3.8) is 0 Å². The Morgan fingerprint density at radius 2 is 1.77 bits per heavy atom. The molecule has 3 aromatic rings. The van der Waals surface area contributed by atoms with Crippen molar-refractivity contribution in [3.8, 4) is 5.75 Å². The molecule has 0 unspecified atom stereocenters. The quantitative estimate of drug-likeness (QED) is 0.204. The van der Waals surface area contributed by atoms with E-state index in [1.165, 1.54) is 6.21 Å². The summed E-state index contributed by atoms with van der Waals surface area (Å²) in [6, 6.07) is 18.3. The van der Waals surface area contributed by atoms with Gasteiger partial charge in [-0.1, -0.05) is 53.5 Å². The fraction of sp³-hybridized carbons (Fsp3) is 0.0909. The van der Waals surface area contributed by atoms with E-state index in [-0.39, 0.29) is 0 Å². The summed E-state index contributed by atoms with van der Waals surface area (Å²) in [5.41, 5.74) is 5.72. The molecular weight excluding hydrogens is 536 g/mol. The van der Waals surface area contributed by atoms with Crippen LogP contribution in [0.1, 0.15) is 16.7 Å². The highest BCUT2D eigenvalue weighted by molar-refractivity contribution is 14.1. The maximum Gasteiger partial charge on any atom is 0.339 e. The third kappa shape index (κ3) is 6.35. The maximum atomic E-state index is 12.0. The van der Waals surface area contributed by atoms with Gasteiger partial charge in [0.1, 0.15) is 6.61 Å². The van der Waals surface area contributed by atoms with Crippen molar-refractivity contribution in [2.75, 3.05) is 5.32 Å². The number of urea groups is 1. The molecule has 30 heavy (non-hydrogen) atoms. The molecule has 0 heterocycles. The average molecular weight is 554 g/mol. The molecule has 0 bridgehead atoms. The van der Waals surface area contributed by atoms with Crippen molar-refractivity contribution in [2.45, 2.75) is 13.5 Å². The average Bonchev–Trinajstić information content (AvgIpc) is 2.70. The van der Waals surface area contributed by atoms with Crippen LogP contribution < -0.4 is 15.5 Å². The molecule has 154 valence electrons. The molecule has 0 saturated heterocycles. The van der Waals surface area contributed by atoms with Crippen LogP contribution in [0.3, 0.4) is 0 Å². The first kappa shape index (κ1) is 22.4. The molecule has 3 rings (SSSR count). The van der Waals surface area contributed by atoms with Crippen molar-refractivity contribution in [1.82, 2.24) is 5.43 Å². The van der Waals surface area contributed by atoms with Gasteiger partial charge >= 0.3 is 6.03 Å². The summed E-state index contributed by atoms with van der Waals surface area (Å²) in [6.07, 6.45) is 1.46. The standard InChI is InChI=1S/C22H18Cl2IN3O2/c1-14-4-2-3-5-20(14)27-22(29)28-26-12-16-10-18(23)21(19(24)11-16)30-13-15-6-8-17(25)9-7-15/h2-12H,13H2,1H3,(H2,27,28,29). The van der Waals surface area contributed by atoms with Gasteiger partial charge in [0.2, 0.25) is 0 Å². The molecule has 5 nitrogen and oxygen atoms in total. The molecule has 0 aliphatic heterocycles. The van der Waals surface area contributed by atoms with Crippen LogP contribution in [-0.4, -0.2) is 12.2 Å². The van der Waals surface area contributed by atoms with Crippen LogP contribution in [0.4, 0.5) is 10.5 Å². The van der Waals surface area contributed by atoms with Crippen molar-refractivity contribution < 1.29 is 9.53 Å². The second kappa shape index (κ2) is 10.7. The van der Waals surface area contributed by atoms with Gasteiger partial charge in [-0.05, 0) is 76.5 Å². The zero-order valence-corrected chi connectivity index (χ0v) is 19.6. The van der Waals surface area contributed by atoms with Crippen molar-refractivity contribution in [2.24, 2.45) is 5.10 Å². The van der Waals surface area contributed by atoms with E-state index in [9.17, 15) is 4.79 Å². The molecule has 0 aliphatic rings. The van der Waals surface area contributed by atoms with Crippen LogP contribution in [0.25, 0.3) is 0 Å². The fourth-order valence-corrected chi connectivity index (χ4v) is 3.53. The first-order chi connectivity index (χ1) is 14.4. The monoisotopic (exact) mass is 553 g/mol. The highest BCUT2D eigenvalue weighted by atomic mass is 127. The number of halogens is 3. The number of benzene rings is 3. The maximum absolute atomic E-state index is 12.0. The Bertz CT molecular complexity index is 1050. The largest absolute Gasteiger partial charge is 0.486 e. The first-order valence-corrected chi connectivity index (χ1v) is 10.8. The number of para-hydroxylation sites is 1.